The van der Waals surface area contributed by atoms with Gasteiger partial charge in [-0.25, -0.2) is 9.18 Å². The van der Waals surface area contributed by atoms with Crippen LogP contribution in [0.15, 0.2) is 52.3 Å². The zero-order valence-corrected chi connectivity index (χ0v) is 14.5. The minimum Gasteiger partial charge on any atom is -0.450 e. The van der Waals surface area contributed by atoms with Gasteiger partial charge < -0.3 is 20.2 Å². The molecule has 0 radical (unpaired) electrons. The lowest BCUT2D eigenvalue weighted by atomic mass is 10.2. The number of ether oxygens (including phenoxy) is 1. The Labute approximate surface area is 156 Å². The van der Waals surface area contributed by atoms with Gasteiger partial charge in [0.05, 0.1) is 5.56 Å². The Morgan fingerprint density at radius 3 is 2.56 bits per heavy atom. The Balaban J connectivity index is 1.58. The van der Waals surface area contributed by atoms with Crippen molar-refractivity contribution in [2.24, 2.45) is 5.73 Å². The Morgan fingerprint density at radius 1 is 1.11 bits per heavy atom. The summed E-state index contributed by atoms with van der Waals surface area (Å²) in [5.41, 5.74) is 5.95. The Bertz CT molecular complexity index is 993. The van der Waals surface area contributed by atoms with Crippen LogP contribution in [0.1, 0.15) is 20.9 Å². The fourth-order valence-corrected chi connectivity index (χ4v) is 2.99. The molecule has 1 aromatic carbocycles. The maximum absolute atomic E-state index is 12.9. The highest BCUT2D eigenvalue weighted by atomic mass is 32.1. The van der Waals surface area contributed by atoms with E-state index < -0.39 is 24.4 Å². The van der Waals surface area contributed by atoms with Gasteiger partial charge in [0.2, 0.25) is 5.76 Å². The van der Waals surface area contributed by atoms with Crippen molar-refractivity contribution in [3.8, 4) is 11.3 Å². The lowest BCUT2D eigenvalue weighted by molar-refractivity contribution is -0.119. The summed E-state index contributed by atoms with van der Waals surface area (Å²) in [6.45, 7) is -0.568. The van der Waals surface area contributed by atoms with Gasteiger partial charge in [0.15, 0.2) is 6.61 Å². The summed E-state index contributed by atoms with van der Waals surface area (Å²) in [7, 11) is 0. The molecule has 138 valence electrons. The van der Waals surface area contributed by atoms with Crippen molar-refractivity contribution in [1.82, 2.24) is 0 Å². The Kier molecular flexibility index (Phi) is 5.32. The van der Waals surface area contributed by atoms with Gasteiger partial charge in [0.25, 0.3) is 11.8 Å². The highest BCUT2D eigenvalue weighted by Crippen LogP contribution is 2.24. The van der Waals surface area contributed by atoms with E-state index in [9.17, 15) is 18.8 Å². The van der Waals surface area contributed by atoms with Crippen LogP contribution in [-0.2, 0) is 9.53 Å². The van der Waals surface area contributed by atoms with Gasteiger partial charge in [0, 0.05) is 5.56 Å². The van der Waals surface area contributed by atoms with E-state index in [2.05, 4.69) is 5.32 Å². The summed E-state index contributed by atoms with van der Waals surface area (Å²) >= 11 is 1.12. The van der Waals surface area contributed by atoms with E-state index in [1.54, 1.807) is 5.38 Å². The fourth-order valence-electron chi connectivity index (χ4n) is 2.18. The van der Waals surface area contributed by atoms with Crippen LogP contribution in [0.3, 0.4) is 0 Å². The van der Waals surface area contributed by atoms with Crippen LogP contribution in [0, 0.1) is 5.82 Å². The zero-order valence-electron chi connectivity index (χ0n) is 13.7. The van der Waals surface area contributed by atoms with Crippen molar-refractivity contribution in [2.75, 3.05) is 11.9 Å². The average molecular weight is 388 g/mol. The monoisotopic (exact) mass is 388 g/mol. The number of nitrogens with one attached hydrogen (secondary N) is 1. The predicted octanol–water partition coefficient (Wildman–Crippen LogP) is 3.04. The molecule has 0 unspecified atom stereocenters. The molecule has 0 aliphatic rings. The second kappa shape index (κ2) is 7.83. The number of carbonyl (C=O) groups excluding carboxylic acids is 3. The summed E-state index contributed by atoms with van der Waals surface area (Å²) < 4.78 is 23.2. The summed E-state index contributed by atoms with van der Waals surface area (Å²) in [5.74, 6) is -2.26. The van der Waals surface area contributed by atoms with E-state index in [1.165, 1.54) is 42.5 Å². The second-order valence-electron chi connectivity index (χ2n) is 5.32. The molecule has 0 spiro atoms. The highest BCUT2D eigenvalue weighted by Gasteiger charge is 2.17. The lowest BCUT2D eigenvalue weighted by Crippen LogP contribution is -2.22. The molecular weight excluding hydrogens is 375 g/mol. The van der Waals surface area contributed by atoms with Gasteiger partial charge in [-0.1, -0.05) is 0 Å². The number of furan rings is 1. The van der Waals surface area contributed by atoms with Gasteiger partial charge in [-0.3, -0.25) is 9.59 Å². The molecule has 2 aromatic heterocycles. The normalized spacial score (nSPS) is 10.4. The summed E-state index contributed by atoms with van der Waals surface area (Å²) in [6, 6.07) is 9.96. The Hall–Kier alpha value is -3.46. The summed E-state index contributed by atoms with van der Waals surface area (Å²) in [4.78, 5) is 35.1. The van der Waals surface area contributed by atoms with E-state index in [-0.39, 0.29) is 22.1 Å². The average Bonchev–Trinajstić information content (AvgIpc) is 3.30. The molecule has 2 amide bonds. The standard InChI is InChI=1S/C18H13FN2O5S/c19-11-3-1-10(2-4-11)13-5-6-14(26-13)18(24)25-9-15(22)21-17-12(16(20)23)7-8-27-17/h1-8H,9H2,(H2,20,23)(H,21,22). The fraction of sp³-hybridized carbons (Fsp3) is 0.0556. The number of hydrogen-bond donors (Lipinski definition) is 2. The topological polar surface area (TPSA) is 112 Å². The Morgan fingerprint density at radius 2 is 1.85 bits per heavy atom. The number of hydrogen-bond acceptors (Lipinski definition) is 6. The van der Waals surface area contributed by atoms with E-state index in [1.807, 2.05) is 0 Å². The third kappa shape index (κ3) is 4.39. The molecule has 3 N–H and O–H groups in total. The maximum atomic E-state index is 12.9. The van der Waals surface area contributed by atoms with Gasteiger partial charge in [-0.15, -0.1) is 11.3 Å². The first-order valence-corrected chi connectivity index (χ1v) is 8.52. The van der Waals surface area contributed by atoms with Crippen molar-refractivity contribution >= 4 is 34.1 Å². The molecular formula is C18H13FN2O5S. The number of nitrogens with two attached hydrogens (primary N) is 1. The minimum atomic E-state index is -0.834. The first-order valence-electron chi connectivity index (χ1n) is 7.64. The number of anilines is 1. The number of thiophene rings is 1. The van der Waals surface area contributed by atoms with E-state index in [4.69, 9.17) is 14.9 Å². The molecule has 9 heteroatoms. The number of esters is 1. The quantitative estimate of drug-likeness (QED) is 0.631. The molecule has 2 heterocycles. The molecule has 0 aliphatic heterocycles. The number of carbonyl (C=O) groups is 3. The largest absolute Gasteiger partial charge is 0.450 e. The summed E-state index contributed by atoms with van der Waals surface area (Å²) in [6.07, 6.45) is 0. The highest BCUT2D eigenvalue weighted by molar-refractivity contribution is 7.14. The zero-order chi connectivity index (χ0) is 19.4. The lowest BCUT2D eigenvalue weighted by Gasteiger charge is -2.05. The van der Waals surface area contributed by atoms with Crippen molar-refractivity contribution in [3.63, 3.8) is 0 Å². The first kappa shape index (κ1) is 18.3. The summed E-state index contributed by atoms with van der Waals surface area (Å²) in [5, 5.41) is 4.33. The molecule has 3 aromatic rings. The van der Waals surface area contributed by atoms with E-state index in [0.717, 1.165) is 11.3 Å². The van der Waals surface area contributed by atoms with E-state index in [0.29, 0.717) is 11.3 Å². The maximum Gasteiger partial charge on any atom is 0.374 e. The first-order chi connectivity index (χ1) is 12.9. The van der Waals surface area contributed by atoms with Crippen molar-refractivity contribution < 1.29 is 27.9 Å². The van der Waals surface area contributed by atoms with Crippen LogP contribution in [0.4, 0.5) is 9.39 Å². The van der Waals surface area contributed by atoms with Crippen molar-refractivity contribution in [2.45, 2.75) is 0 Å². The smallest absolute Gasteiger partial charge is 0.374 e. The van der Waals surface area contributed by atoms with Crippen molar-refractivity contribution in [1.29, 1.82) is 0 Å². The van der Waals surface area contributed by atoms with Crippen LogP contribution >= 0.6 is 11.3 Å². The molecule has 7 nitrogen and oxygen atoms in total. The predicted molar refractivity (Wildman–Crippen MR) is 95.9 cm³/mol. The third-order valence-corrected chi connectivity index (χ3v) is 4.28. The minimum absolute atomic E-state index is 0.101. The third-order valence-electron chi connectivity index (χ3n) is 3.45. The van der Waals surface area contributed by atoms with Crippen LogP contribution < -0.4 is 11.1 Å². The van der Waals surface area contributed by atoms with E-state index >= 15 is 0 Å². The van der Waals surface area contributed by atoms with Gasteiger partial charge in [-0.2, -0.15) is 0 Å². The van der Waals surface area contributed by atoms with Gasteiger partial charge >= 0.3 is 5.97 Å². The number of primary amides is 1. The number of amides is 2. The van der Waals surface area contributed by atoms with Crippen LogP contribution in [-0.4, -0.2) is 24.4 Å². The van der Waals surface area contributed by atoms with Crippen LogP contribution in [0.2, 0.25) is 0 Å². The van der Waals surface area contributed by atoms with Gasteiger partial charge in [-0.05, 0) is 47.8 Å². The molecule has 3 rings (SSSR count). The molecule has 27 heavy (non-hydrogen) atoms. The molecule has 0 fully saturated rings. The molecule has 0 saturated heterocycles. The molecule has 0 saturated carbocycles. The second-order valence-corrected chi connectivity index (χ2v) is 6.24. The molecule has 0 atom stereocenters. The molecule has 0 bridgehead atoms. The van der Waals surface area contributed by atoms with Gasteiger partial charge in [0.1, 0.15) is 16.6 Å². The van der Waals surface area contributed by atoms with Crippen LogP contribution in [0.5, 0.6) is 0 Å². The number of rotatable bonds is 6. The number of benzene rings is 1. The van der Waals surface area contributed by atoms with Crippen molar-refractivity contribution in [3.05, 3.63) is 65.0 Å². The SMILES string of the molecule is NC(=O)c1ccsc1NC(=O)COC(=O)c1ccc(-c2ccc(F)cc2)o1. The number of halogens is 1. The molecule has 0 aliphatic carbocycles. The van der Waals surface area contributed by atoms with Crippen LogP contribution in [0.25, 0.3) is 11.3 Å².